The van der Waals surface area contributed by atoms with Gasteiger partial charge < -0.3 is 27.0 Å². The molecule has 0 bridgehead atoms. The van der Waals surface area contributed by atoms with Crippen molar-refractivity contribution in [1.82, 2.24) is 0 Å². The third kappa shape index (κ3) is 14.0. The van der Waals surface area contributed by atoms with Gasteiger partial charge in [0.1, 0.15) is 5.75 Å². The van der Waals surface area contributed by atoms with Crippen LogP contribution in [0, 0.1) is 6.92 Å². The molecule has 6 heteroatoms. The van der Waals surface area contributed by atoms with Crippen LogP contribution >= 0.6 is 11.3 Å². The number of hydrogen-bond donors (Lipinski definition) is 1. The fourth-order valence-corrected chi connectivity index (χ4v) is 6.04. The van der Waals surface area contributed by atoms with Gasteiger partial charge in [0.25, 0.3) is 0 Å². The number of anilines is 1. The highest BCUT2D eigenvalue weighted by molar-refractivity contribution is 7.09. The standard InChI is InChI=1S/C37H54N2O2S.BrH/c1-6-7-8-9-10-11-12-13-14-15-16-19-24-41-35-23-22-31(25-33(35)37(3,4)5)26-36(40)38-34-21-18-17-20-32(34)28-39-27-30(2)42-29-39;/h17-18,20-23,25,27,29H,6-16,19,24,26,28H2,1-5H3;1H. The summed E-state index contributed by atoms with van der Waals surface area (Å²) in [5.74, 6) is 0.946. The predicted octanol–water partition coefficient (Wildman–Crippen LogP) is 6.95. The average molecular weight is 672 g/mol. The van der Waals surface area contributed by atoms with Crippen molar-refractivity contribution in [2.24, 2.45) is 0 Å². The van der Waals surface area contributed by atoms with Crippen molar-refractivity contribution in [3.05, 3.63) is 75.7 Å². The Hall–Kier alpha value is -2.18. The number of para-hydroxylation sites is 1. The maximum Gasteiger partial charge on any atom is 0.228 e. The number of carbonyl (C=O) groups is 1. The third-order valence-electron chi connectivity index (χ3n) is 7.84. The summed E-state index contributed by atoms with van der Waals surface area (Å²) in [5.41, 5.74) is 6.19. The average Bonchev–Trinajstić information content (AvgIpc) is 3.36. The smallest absolute Gasteiger partial charge is 0.228 e. The zero-order valence-electron chi connectivity index (χ0n) is 27.4. The highest BCUT2D eigenvalue weighted by atomic mass is 79.9. The molecule has 0 saturated heterocycles. The van der Waals surface area contributed by atoms with Gasteiger partial charge in [-0.3, -0.25) is 4.79 Å². The molecule has 2 aromatic carbocycles. The molecule has 1 heterocycles. The summed E-state index contributed by atoms with van der Waals surface area (Å²) in [7, 11) is 0. The van der Waals surface area contributed by atoms with E-state index in [-0.39, 0.29) is 28.3 Å². The number of rotatable bonds is 19. The summed E-state index contributed by atoms with van der Waals surface area (Å²) in [6.45, 7) is 12.5. The molecule has 0 aliphatic carbocycles. The zero-order chi connectivity index (χ0) is 30.2. The van der Waals surface area contributed by atoms with E-state index in [9.17, 15) is 4.79 Å². The van der Waals surface area contributed by atoms with Gasteiger partial charge in [0.05, 0.1) is 23.6 Å². The molecule has 0 atom stereocenters. The molecule has 0 aliphatic heterocycles. The topological polar surface area (TPSA) is 42.2 Å². The Morgan fingerprint density at radius 3 is 2.12 bits per heavy atom. The predicted molar refractivity (Wildman–Crippen MR) is 179 cm³/mol. The van der Waals surface area contributed by atoms with Gasteiger partial charge in [-0.05, 0) is 42.0 Å². The molecule has 43 heavy (non-hydrogen) atoms. The normalized spacial score (nSPS) is 11.3. The van der Waals surface area contributed by atoms with Gasteiger partial charge in [-0.2, -0.15) is 4.57 Å². The van der Waals surface area contributed by atoms with Crippen LogP contribution in [0.3, 0.4) is 0 Å². The first-order chi connectivity index (χ1) is 20.3. The zero-order valence-corrected chi connectivity index (χ0v) is 29.8. The van der Waals surface area contributed by atoms with Crippen LogP contribution in [0.1, 0.15) is 126 Å². The van der Waals surface area contributed by atoms with Crippen molar-refractivity contribution >= 4 is 22.9 Å². The van der Waals surface area contributed by atoms with Crippen LogP contribution in [0.5, 0.6) is 5.75 Å². The van der Waals surface area contributed by atoms with Crippen LogP contribution in [-0.2, 0) is 23.2 Å². The van der Waals surface area contributed by atoms with Gasteiger partial charge in [0.2, 0.25) is 11.4 Å². The maximum atomic E-state index is 13.1. The van der Waals surface area contributed by atoms with Gasteiger partial charge in [0, 0.05) is 5.56 Å². The lowest BCUT2D eigenvalue weighted by Crippen LogP contribution is -3.00. The Labute approximate surface area is 276 Å². The molecule has 4 nitrogen and oxygen atoms in total. The van der Waals surface area contributed by atoms with Crippen molar-refractivity contribution in [1.29, 1.82) is 0 Å². The van der Waals surface area contributed by atoms with E-state index in [1.54, 1.807) is 11.3 Å². The van der Waals surface area contributed by atoms with E-state index in [4.69, 9.17) is 4.74 Å². The fourth-order valence-electron chi connectivity index (χ4n) is 5.41. The number of nitrogens with one attached hydrogen (secondary N) is 1. The number of hydrogen-bond acceptors (Lipinski definition) is 3. The minimum Gasteiger partial charge on any atom is -1.00 e. The summed E-state index contributed by atoms with van der Waals surface area (Å²) >= 11 is 1.73. The van der Waals surface area contributed by atoms with Crippen molar-refractivity contribution in [2.45, 2.75) is 130 Å². The van der Waals surface area contributed by atoms with Crippen LogP contribution in [0.4, 0.5) is 5.69 Å². The molecule has 1 amide bonds. The molecular weight excluding hydrogens is 616 g/mol. The summed E-state index contributed by atoms with van der Waals surface area (Å²) in [4.78, 5) is 14.4. The molecule has 0 saturated carbocycles. The first-order valence-corrected chi connectivity index (χ1v) is 17.2. The second-order valence-electron chi connectivity index (χ2n) is 12.8. The molecule has 0 spiro atoms. The molecule has 0 unspecified atom stereocenters. The first kappa shape index (κ1) is 37.0. The second-order valence-corrected chi connectivity index (χ2v) is 13.9. The van der Waals surface area contributed by atoms with Crippen LogP contribution in [0.25, 0.3) is 0 Å². The quantitative estimate of drug-likeness (QED) is 0.111. The maximum absolute atomic E-state index is 13.1. The molecule has 0 fully saturated rings. The number of aromatic nitrogens is 1. The van der Waals surface area contributed by atoms with Gasteiger partial charge in [-0.25, -0.2) is 0 Å². The number of carbonyl (C=O) groups excluding carboxylic acids is 1. The monoisotopic (exact) mass is 670 g/mol. The van der Waals surface area contributed by atoms with Gasteiger partial charge in [-0.15, -0.1) is 0 Å². The number of aryl methyl sites for hydroxylation is 1. The highest BCUT2D eigenvalue weighted by Gasteiger charge is 2.21. The van der Waals surface area contributed by atoms with E-state index in [0.29, 0.717) is 6.42 Å². The molecule has 1 aromatic heterocycles. The number of halogens is 1. The summed E-state index contributed by atoms with van der Waals surface area (Å²) in [5, 5.41) is 3.16. The minimum atomic E-state index is -0.0686. The van der Waals surface area contributed by atoms with Crippen molar-refractivity contribution in [3.63, 3.8) is 0 Å². The molecule has 0 aliphatic rings. The van der Waals surface area contributed by atoms with Crippen LogP contribution in [0.2, 0.25) is 0 Å². The van der Waals surface area contributed by atoms with Crippen molar-refractivity contribution < 1.29 is 31.1 Å². The molecular formula is C37H55BrN2O2S. The number of ether oxygens (including phenoxy) is 1. The van der Waals surface area contributed by atoms with Gasteiger partial charge in [0.15, 0.2) is 12.7 Å². The SMILES string of the molecule is CCCCCCCCCCCCCCOc1ccc(CC(=O)Nc2ccccc2C[n+]2csc(C)c2)cc1C(C)(C)C.[Br-]. The van der Waals surface area contributed by atoms with Crippen LogP contribution in [0.15, 0.2) is 54.2 Å². The van der Waals surface area contributed by atoms with E-state index in [0.717, 1.165) is 47.7 Å². The minimum absolute atomic E-state index is 0. The van der Waals surface area contributed by atoms with Crippen LogP contribution in [-0.4, -0.2) is 12.5 Å². The Morgan fingerprint density at radius 2 is 1.51 bits per heavy atom. The van der Waals surface area contributed by atoms with E-state index in [1.807, 2.05) is 24.3 Å². The number of thiazole rings is 1. The number of unbranched alkanes of at least 4 members (excludes halogenated alkanes) is 11. The van der Waals surface area contributed by atoms with E-state index >= 15 is 0 Å². The second kappa shape index (κ2) is 20.0. The highest BCUT2D eigenvalue weighted by Crippen LogP contribution is 2.33. The first-order valence-electron chi connectivity index (χ1n) is 16.3. The number of benzene rings is 2. The molecule has 238 valence electrons. The summed E-state index contributed by atoms with van der Waals surface area (Å²) in [6, 6.07) is 14.3. The Balaban J connectivity index is 0.00000645. The lowest BCUT2D eigenvalue weighted by atomic mass is 9.85. The summed E-state index contributed by atoms with van der Waals surface area (Å²) < 4.78 is 8.45. The number of amides is 1. The Kier molecular flexibility index (Phi) is 17.2. The molecule has 0 radical (unpaired) electrons. The summed E-state index contributed by atoms with van der Waals surface area (Å²) in [6.07, 6.45) is 18.6. The van der Waals surface area contributed by atoms with E-state index in [2.05, 4.69) is 74.4 Å². The fraction of sp³-hybridized carbons (Fsp3) is 0.568. The van der Waals surface area contributed by atoms with E-state index in [1.165, 1.54) is 75.5 Å². The van der Waals surface area contributed by atoms with Gasteiger partial charge >= 0.3 is 0 Å². The van der Waals surface area contributed by atoms with Crippen molar-refractivity contribution in [3.8, 4) is 5.75 Å². The molecule has 3 aromatic rings. The van der Waals surface area contributed by atoms with Gasteiger partial charge in [-0.1, -0.05) is 140 Å². The largest absolute Gasteiger partial charge is 1.00 e. The lowest BCUT2D eigenvalue weighted by molar-refractivity contribution is -0.683. The lowest BCUT2D eigenvalue weighted by Gasteiger charge is -2.24. The third-order valence-corrected chi connectivity index (χ3v) is 8.69. The van der Waals surface area contributed by atoms with E-state index < -0.39 is 0 Å². The van der Waals surface area contributed by atoms with Crippen molar-refractivity contribution in [2.75, 3.05) is 11.9 Å². The Morgan fingerprint density at radius 1 is 0.884 bits per heavy atom. The molecule has 3 rings (SSSR count). The Bertz CT molecular complexity index is 1220. The number of nitrogens with zero attached hydrogens (tertiary/aromatic N) is 1. The van der Waals surface area contributed by atoms with Crippen LogP contribution < -0.4 is 31.6 Å². The molecule has 1 N–H and O–H groups in total.